The molecule has 1 heterocycles. The fourth-order valence-corrected chi connectivity index (χ4v) is 3.91. The summed E-state index contributed by atoms with van der Waals surface area (Å²) in [7, 11) is 2.93. The Morgan fingerprint density at radius 1 is 1.12 bits per heavy atom. The van der Waals surface area contributed by atoms with Crippen LogP contribution in [0.3, 0.4) is 0 Å². The van der Waals surface area contributed by atoms with Gasteiger partial charge in [0.1, 0.15) is 49.0 Å². The predicted molar refractivity (Wildman–Crippen MR) is 182 cm³/mol. The highest BCUT2D eigenvalue weighted by Crippen LogP contribution is 2.33. The van der Waals surface area contributed by atoms with Gasteiger partial charge in [0.05, 0.1) is 13.7 Å². The molecule has 2 aromatic rings. The van der Waals surface area contributed by atoms with Crippen LogP contribution in [0.1, 0.15) is 37.9 Å². The zero-order chi connectivity index (χ0) is 36.7. The number of nitrogens with two attached hydrogens (primary N) is 2. The lowest BCUT2D eigenvalue weighted by Crippen LogP contribution is -2.32. The largest absolute Gasteiger partial charge is 0.511 e. The average molecular weight is 703 g/mol. The van der Waals surface area contributed by atoms with Crippen LogP contribution in [0.4, 0.5) is 19.3 Å². The first kappa shape index (κ1) is 38.5. The molecule has 50 heavy (non-hydrogen) atoms. The van der Waals surface area contributed by atoms with Crippen LogP contribution in [0.25, 0.3) is 0 Å². The van der Waals surface area contributed by atoms with Crippen LogP contribution in [0.2, 0.25) is 0 Å². The van der Waals surface area contributed by atoms with Gasteiger partial charge in [0, 0.05) is 43.1 Å². The number of rotatable bonds is 14. The monoisotopic (exact) mass is 702 g/mol. The quantitative estimate of drug-likeness (QED) is 0.0734. The first-order valence-corrected chi connectivity index (χ1v) is 15.0. The topological polar surface area (TPSA) is 215 Å². The molecule has 2 aromatic carbocycles. The van der Waals surface area contributed by atoms with Crippen LogP contribution in [0.15, 0.2) is 68.6 Å². The van der Waals surface area contributed by atoms with E-state index < -0.39 is 49.1 Å². The number of carbonyl (C=O) groups excluding carboxylic acids is 2. The van der Waals surface area contributed by atoms with Gasteiger partial charge < -0.3 is 50.5 Å². The third kappa shape index (κ3) is 11.9. The van der Waals surface area contributed by atoms with E-state index in [0.717, 1.165) is 0 Å². The summed E-state index contributed by atoms with van der Waals surface area (Å²) in [5.41, 5.74) is 12.1. The number of nitrogens with zero attached hydrogens (tertiary/aromatic N) is 4. The molecule has 0 saturated heterocycles. The smallest absolute Gasteiger partial charge is 0.497 e. The molecule has 1 aliphatic rings. The average Bonchev–Trinajstić information content (AvgIpc) is 3.09. The number of carbonyl (C=O) groups is 2. The number of guanidine groups is 1. The summed E-state index contributed by atoms with van der Waals surface area (Å²) < 4.78 is 60.5. The van der Waals surface area contributed by atoms with E-state index in [1.54, 1.807) is 43.6 Å². The number of ether oxygens (including phenoxy) is 6. The normalized spacial score (nSPS) is 14.1. The van der Waals surface area contributed by atoms with Crippen LogP contribution in [-0.4, -0.2) is 88.8 Å². The fraction of sp³-hybridized carbons (Fsp3) is 0.375. The van der Waals surface area contributed by atoms with E-state index in [9.17, 15) is 14.0 Å². The highest BCUT2D eigenvalue weighted by Gasteiger charge is 2.26. The highest BCUT2D eigenvalue weighted by molar-refractivity contribution is 6.02. The van der Waals surface area contributed by atoms with Gasteiger partial charge in [0.2, 0.25) is 12.8 Å². The Bertz CT molecular complexity index is 1650. The lowest BCUT2D eigenvalue weighted by Gasteiger charge is -2.23. The van der Waals surface area contributed by atoms with Gasteiger partial charge in [-0.2, -0.15) is 9.98 Å². The van der Waals surface area contributed by atoms with Crippen molar-refractivity contribution in [3.63, 3.8) is 0 Å². The van der Waals surface area contributed by atoms with E-state index in [-0.39, 0.29) is 42.1 Å². The molecular weight excluding hydrogens is 662 g/mol. The van der Waals surface area contributed by atoms with Gasteiger partial charge in [-0.15, -0.1) is 0 Å². The molecular formula is C32H40F2N8O8. The van der Waals surface area contributed by atoms with Crippen molar-refractivity contribution in [2.24, 2.45) is 31.4 Å². The van der Waals surface area contributed by atoms with E-state index >= 15 is 4.39 Å². The predicted octanol–water partition coefficient (Wildman–Crippen LogP) is 3.33. The number of alkyl halides is 1. The third-order valence-electron chi connectivity index (χ3n) is 6.41. The zero-order valence-electron chi connectivity index (χ0n) is 28.2. The molecule has 0 saturated carbocycles. The fourth-order valence-electron chi connectivity index (χ4n) is 3.91. The number of benzene rings is 2. The number of amidine groups is 3. The summed E-state index contributed by atoms with van der Waals surface area (Å²) in [5, 5.41) is 5.93. The van der Waals surface area contributed by atoms with Crippen LogP contribution < -0.4 is 31.6 Å². The lowest BCUT2D eigenvalue weighted by atomic mass is 10.0. The minimum absolute atomic E-state index is 0.0736. The second-order valence-electron chi connectivity index (χ2n) is 10.8. The molecule has 0 radical (unpaired) electrons. The zero-order valence-corrected chi connectivity index (χ0v) is 28.2. The number of hydrogen-bond acceptors (Lipinski definition) is 13. The highest BCUT2D eigenvalue weighted by atomic mass is 19.1. The van der Waals surface area contributed by atoms with E-state index in [0.29, 0.717) is 23.6 Å². The molecule has 1 aliphatic heterocycles. The summed E-state index contributed by atoms with van der Waals surface area (Å²) >= 11 is 0. The molecule has 0 amide bonds. The first-order chi connectivity index (χ1) is 23.8. The summed E-state index contributed by atoms with van der Waals surface area (Å²) in [6.45, 7) is 2.23. The Balaban J connectivity index is 2.04. The summed E-state index contributed by atoms with van der Waals surface area (Å²) in [6, 6.07) is 7.72. The van der Waals surface area contributed by atoms with Crippen molar-refractivity contribution in [3.8, 4) is 11.5 Å². The minimum Gasteiger partial charge on any atom is -0.497 e. The SMILES string of the molecule is CN=C(N)c1ccc(N[C@@H](C(N)=NC(=NC2=NCC=CN2)OCOC(=O)OC(C)(C)CF)c2cc(OC)cc(OCCOC(C)=O)c2F)cc1. The summed E-state index contributed by atoms with van der Waals surface area (Å²) in [4.78, 5) is 39.9. The first-order valence-electron chi connectivity index (χ1n) is 15.0. The number of esters is 1. The maximum atomic E-state index is 16.2. The molecule has 0 spiro atoms. The van der Waals surface area contributed by atoms with Gasteiger partial charge in [-0.1, -0.05) is 0 Å². The molecule has 270 valence electrons. The van der Waals surface area contributed by atoms with Gasteiger partial charge in [-0.3, -0.25) is 9.79 Å². The van der Waals surface area contributed by atoms with Crippen LogP contribution in [-0.2, 0) is 23.7 Å². The van der Waals surface area contributed by atoms with E-state index in [1.807, 2.05) is 0 Å². The van der Waals surface area contributed by atoms with Gasteiger partial charge in [-0.05, 0) is 50.3 Å². The van der Waals surface area contributed by atoms with Gasteiger partial charge in [0.15, 0.2) is 11.6 Å². The van der Waals surface area contributed by atoms with Crippen molar-refractivity contribution in [1.82, 2.24) is 5.32 Å². The van der Waals surface area contributed by atoms with Gasteiger partial charge >= 0.3 is 18.1 Å². The maximum Gasteiger partial charge on any atom is 0.511 e. The third-order valence-corrected chi connectivity index (χ3v) is 6.41. The lowest BCUT2D eigenvalue weighted by molar-refractivity contribution is -0.141. The molecule has 3 rings (SSSR count). The van der Waals surface area contributed by atoms with Crippen molar-refractivity contribution >= 4 is 41.5 Å². The second kappa shape index (κ2) is 18.6. The Hall–Kier alpha value is -5.94. The minimum atomic E-state index is -1.43. The Morgan fingerprint density at radius 3 is 2.48 bits per heavy atom. The molecule has 16 nitrogen and oxygen atoms in total. The molecule has 0 aromatic heterocycles. The molecule has 0 unspecified atom stereocenters. The van der Waals surface area contributed by atoms with E-state index in [1.165, 1.54) is 40.0 Å². The summed E-state index contributed by atoms with van der Waals surface area (Å²) in [6.07, 6.45) is 2.10. The van der Waals surface area contributed by atoms with Gasteiger partial charge in [0.25, 0.3) is 0 Å². The van der Waals surface area contributed by atoms with Crippen molar-refractivity contribution in [2.75, 3.05) is 52.7 Å². The number of anilines is 1. The number of methoxy groups -OCH3 is 1. The van der Waals surface area contributed by atoms with Crippen LogP contribution in [0, 0.1) is 5.82 Å². The van der Waals surface area contributed by atoms with Crippen molar-refractivity contribution < 1.29 is 46.8 Å². The molecule has 18 heteroatoms. The van der Waals surface area contributed by atoms with E-state index in [2.05, 4.69) is 30.6 Å². The van der Waals surface area contributed by atoms with Crippen LogP contribution in [0.5, 0.6) is 11.5 Å². The second-order valence-corrected chi connectivity index (χ2v) is 10.8. The molecule has 0 fully saturated rings. The van der Waals surface area contributed by atoms with Crippen molar-refractivity contribution in [3.05, 3.63) is 65.6 Å². The Labute approximate surface area is 287 Å². The summed E-state index contributed by atoms with van der Waals surface area (Å²) in [5.74, 6) is -1.30. The van der Waals surface area contributed by atoms with Gasteiger partial charge in [-0.25, -0.2) is 18.6 Å². The number of nitrogens with one attached hydrogen (secondary N) is 2. The molecule has 6 N–H and O–H groups in total. The Morgan fingerprint density at radius 2 is 1.86 bits per heavy atom. The number of halogens is 2. The maximum absolute atomic E-state index is 16.2. The molecule has 1 atom stereocenters. The van der Waals surface area contributed by atoms with Crippen LogP contribution >= 0.6 is 0 Å². The molecule has 0 aliphatic carbocycles. The standard InChI is InChI=1S/C32H40F2N8O8/c1-19(43)46-13-14-47-24-16-22(45-5)15-23(25(24)34)26(40-21-9-7-20(8-10-21)27(35)37-4)28(36)41-30(42-29-38-11-6-12-39-29)48-18-49-31(44)50-32(2,3)17-33/h6-11,15-16,26,40H,12-14,17-18H2,1-5H3,(H2,35,37)(H3,36,38,39,41,42)/t26-/m1/s1. The Kier molecular flexibility index (Phi) is 14.3. The number of aliphatic imine (C=N–C) groups is 4. The van der Waals surface area contributed by atoms with Crippen molar-refractivity contribution in [1.29, 1.82) is 0 Å². The number of hydrogen-bond donors (Lipinski definition) is 4. The molecule has 0 bridgehead atoms. The van der Waals surface area contributed by atoms with Crippen molar-refractivity contribution in [2.45, 2.75) is 32.4 Å². The van der Waals surface area contributed by atoms with E-state index in [4.69, 9.17) is 39.9 Å².